The molecule has 0 saturated heterocycles. The lowest BCUT2D eigenvalue weighted by atomic mass is 11.8. The zero-order chi connectivity index (χ0) is 7.33. The summed E-state index contributed by atoms with van der Waals surface area (Å²) in [6, 6.07) is 0. The van der Waals surface area contributed by atoms with Crippen molar-refractivity contribution >= 4 is 71.8 Å². The lowest BCUT2D eigenvalue weighted by Crippen LogP contribution is -2.44. The van der Waals surface area contributed by atoms with Crippen molar-refractivity contribution in [3.05, 3.63) is 0 Å². The lowest BCUT2D eigenvalue weighted by molar-refractivity contribution is 1.64. The van der Waals surface area contributed by atoms with Crippen LogP contribution >= 0.6 is 63.7 Å². The summed E-state index contributed by atoms with van der Waals surface area (Å²) in [5.74, 6) is 0. The van der Waals surface area contributed by atoms with Crippen molar-refractivity contribution < 1.29 is 0 Å². The number of hydrogen-bond donors (Lipinski definition) is 0. The van der Waals surface area contributed by atoms with E-state index in [0.29, 0.717) is 0 Å². The molecule has 0 bridgehead atoms. The molecule has 0 unspecified atom stereocenters. The van der Waals surface area contributed by atoms with E-state index in [1.54, 1.807) is 0 Å². The van der Waals surface area contributed by atoms with Gasteiger partial charge in [-0.2, -0.15) is 0 Å². The molecular weight excluding hydrogens is 396 g/mol. The van der Waals surface area contributed by atoms with Crippen molar-refractivity contribution in [2.45, 2.75) is 0 Å². The monoisotopic (exact) mass is 400 g/mol. The molecule has 0 fully saturated rings. The molecule has 0 aromatic heterocycles. The Labute approximate surface area is 90.7 Å². The second-order valence-electron chi connectivity index (χ2n) is 2.03. The number of hydrogen-bond acceptors (Lipinski definition) is 0. The van der Waals surface area contributed by atoms with Crippen LogP contribution in [0.15, 0.2) is 0 Å². The second kappa shape index (κ2) is 5.74. The first kappa shape index (κ1) is 11.1. The van der Waals surface area contributed by atoms with Gasteiger partial charge in [0.05, 0.1) is 8.07 Å². The van der Waals surface area contributed by atoms with Crippen molar-refractivity contribution in [3.63, 3.8) is 0 Å². The van der Waals surface area contributed by atoms with Crippen molar-refractivity contribution in [3.8, 4) is 0 Å². The van der Waals surface area contributed by atoms with Gasteiger partial charge in [-0.25, -0.2) is 0 Å². The summed E-state index contributed by atoms with van der Waals surface area (Å²) in [5, 5.41) is 0. The molecule has 9 heavy (non-hydrogen) atoms. The van der Waals surface area contributed by atoms with Gasteiger partial charge in [0.25, 0.3) is 0 Å². The van der Waals surface area contributed by atoms with Crippen LogP contribution in [-0.4, -0.2) is 27.9 Å². The summed E-state index contributed by atoms with van der Waals surface area (Å²) >= 11 is 14.1. The average Bonchev–Trinajstić information content (AvgIpc) is 1.95. The van der Waals surface area contributed by atoms with Crippen LogP contribution in [0.3, 0.4) is 0 Å². The molecule has 0 nitrogen and oxygen atoms in total. The SMILES string of the molecule is BrC[Si](CBr)(CBr)CBr. The topological polar surface area (TPSA) is 0 Å². The Hall–Kier alpha value is 2.14. The highest BCUT2D eigenvalue weighted by atomic mass is 79.9. The largest absolute Gasteiger partial charge is 0.0964 e. The van der Waals surface area contributed by atoms with Gasteiger partial charge in [0, 0.05) is 19.8 Å². The normalized spacial score (nSPS) is 12.0. The van der Waals surface area contributed by atoms with Crippen LogP contribution in [0.2, 0.25) is 0 Å². The Balaban J connectivity index is 3.82. The maximum Gasteiger partial charge on any atom is 0.0964 e. The fraction of sp³-hybridized carbons (Fsp3) is 1.00. The number of rotatable bonds is 4. The van der Waals surface area contributed by atoms with Gasteiger partial charge in [0.1, 0.15) is 0 Å². The predicted molar refractivity (Wildman–Crippen MR) is 60.9 cm³/mol. The van der Waals surface area contributed by atoms with E-state index in [1.165, 1.54) is 0 Å². The van der Waals surface area contributed by atoms with Crippen LogP contribution in [-0.2, 0) is 0 Å². The fourth-order valence-corrected chi connectivity index (χ4v) is 17.4. The molecule has 0 radical (unpaired) electrons. The summed E-state index contributed by atoms with van der Waals surface area (Å²) in [6.45, 7) is 0. The molecule has 0 rings (SSSR count). The fourth-order valence-electron chi connectivity index (χ4n) is 0.214. The highest BCUT2D eigenvalue weighted by molar-refractivity contribution is 9.12. The third-order valence-corrected chi connectivity index (χ3v) is 17.7. The van der Waals surface area contributed by atoms with E-state index in [0.717, 1.165) is 19.8 Å². The van der Waals surface area contributed by atoms with Crippen LogP contribution in [0.5, 0.6) is 0 Å². The lowest BCUT2D eigenvalue weighted by Gasteiger charge is -2.21. The third-order valence-electron chi connectivity index (χ3n) is 1.13. The minimum Gasteiger partial charge on any atom is -0.0960 e. The first-order valence-electron chi connectivity index (χ1n) is 2.48. The van der Waals surface area contributed by atoms with E-state index in [1.807, 2.05) is 0 Å². The minimum absolute atomic E-state index is 1.02. The van der Waals surface area contributed by atoms with Crippen LogP contribution in [0.4, 0.5) is 0 Å². The Morgan fingerprint density at radius 2 is 0.889 bits per heavy atom. The first-order valence-corrected chi connectivity index (χ1v) is 9.80. The summed E-state index contributed by atoms with van der Waals surface area (Å²) in [6.07, 6.45) is 0. The molecule has 0 aromatic carbocycles. The van der Waals surface area contributed by atoms with Crippen LogP contribution in [0.25, 0.3) is 0 Å². The van der Waals surface area contributed by atoms with E-state index in [4.69, 9.17) is 0 Å². The van der Waals surface area contributed by atoms with E-state index in [-0.39, 0.29) is 0 Å². The number of halogens is 4. The molecule has 0 amide bonds. The van der Waals surface area contributed by atoms with Gasteiger partial charge in [-0.1, -0.05) is 63.7 Å². The maximum absolute atomic E-state index is 3.53. The molecule has 0 aromatic rings. The minimum atomic E-state index is -1.02. The van der Waals surface area contributed by atoms with Gasteiger partial charge >= 0.3 is 0 Å². The Kier molecular flexibility index (Phi) is 7.11. The Bertz CT molecular complexity index is 55.5. The molecular formula is C4H8Br4Si. The van der Waals surface area contributed by atoms with Gasteiger partial charge in [0.2, 0.25) is 0 Å². The molecule has 0 saturated carbocycles. The molecule has 56 valence electrons. The van der Waals surface area contributed by atoms with E-state index in [9.17, 15) is 0 Å². The third kappa shape index (κ3) is 3.36. The quantitative estimate of drug-likeness (QED) is 0.499. The van der Waals surface area contributed by atoms with Crippen molar-refractivity contribution in [1.82, 2.24) is 0 Å². The molecule has 5 heteroatoms. The van der Waals surface area contributed by atoms with Gasteiger partial charge in [0.15, 0.2) is 0 Å². The predicted octanol–water partition coefficient (Wildman–Crippen LogP) is 3.17. The van der Waals surface area contributed by atoms with Gasteiger partial charge in [-0.15, -0.1) is 0 Å². The van der Waals surface area contributed by atoms with E-state index < -0.39 is 8.07 Å². The molecule has 0 N–H and O–H groups in total. The molecule has 0 aliphatic rings. The summed E-state index contributed by atoms with van der Waals surface area (Å²) in [7, 11) is -1.02. The Morgan fingerprint density at radius 3 is 0.889 bits per heavy atom. The second-order valence-corrected chi connectivity index (χ2v) is 12.8. The smallest absolute Gasteiger partial charge is 0.0960 e. The van der Waals surface area contributed by atoms with Crippen molar-refractivity contribution in [2.24, 2.45) is 0 Å². The standard InChI is InChI=1S/C4H8Br4Si/c5-1-9(2-6,3-7)4-8/h1-4H2. The molecule has 0 atom stereocenters. The average molecular weight is 404 g/mol. The Morgan fingerprint density at radius 1 is 0.667 bits per heavy atom. The van der Waals surface area contributed by atoms with E-state index >= 15 is 0 Å². The first-order chi connectivity index (χ1) is 4.24. The zero-order valence-electron chi connectivity index (χ0n) is 4.84. The zero-order valence-corrected chi connectivity index (χ0v) is 12.2. The van der Waals surface area contributed by atoms with Crippen molar-refractivity contribution in [1.29, 1.82) is 0 Å². The highest BCUT2D eigenvalue weighted by Crippen LogP contribution is 2.15. The van der Waals surface area contributed by atoms with E-state index in [2.05, 4.69) is 63.7 Å². The molecule has 0 spiro atoms. The van der Waals surface area contributed by atoms with Crippen LogP contribution in [0, 0.1) is 0 Å². The van der Waals surface area contributed by atoms with Crippen LogP contribution < -0.4 is 0 Å². The highest BCUT2D eigenvalue weighted by Gasteiger charge is 2.27. The number of alkyl halides is 4. The summed E-state index contributed by atoms with van der Waals surface area (Å²) in [4.78, 5) is 4.62. The summed E-state index contributed by atoms with van der Waals surface area (Å²) < 4.78 is 0. The molecule has 0 heterocycles. The maximum atomic E-state index is 3.53. The van der Waals surface area contributed by atoms with Gasteiger partial charge in [-0.3, -0.25) is 0 Å². The molecule has 0 aliphatic heterocycles. The van der Waals surface area contributed by atoms with Crippen LogP contribution in [0.1, 0.15) is 0 Å². The summed E-state index contributed by atoms with van der Waals surface area (Å²) in [5.41, 5.74) is 0. The molecule has 0 aliphatic carbocycles. The van der Waals surface area contributed by atoms with Crippen molar-refractivity contribution in [2.75, 3.05) is 19.8 Å². The van der Waals surface area contributed by atoms with Gasteiger partial charge in [-0.05, 0) is 0 Å². The van der Waals surface area contributed by atoms with Gasteiger partial charge < -0.3 is 0 Å².